The van der Waals surface area contributed by atoms with Crippen LogP contribution in [0.1, 0.15) is 51.3 Å². The van der Waals surface area contributed by atoms with E-state index in [4.69, 9.17) is 0 Å². The van der Waals surface area contributed by atoms with Crippen molar-refractivity contribution in [3.63, 3.8) is 0 Å². The molecular formula is C15H26N2. The number of aromatic nitrogens is 1. The molecule has 96 valence electrons. The molecule has 0 aliphatic carbocycles. The molecule has 0 bridgehead atoms. The average Bonchev–Trinajstić information content (AvgIpc) is 2.28. The monoisotopic (exact) mass is 234 g/mol. The third kappa shape index (κ3) is 6.42. The van der Waals surface area contributed by atoms with Gasteiger partial charge in [0.1, 0.15) is 0 Å². The lowest BCUT2D eigenvalue weighted by atomic mass is 10.0. The van der Waals surface area contributed by atoms with Gasteiger partial charge in [0, 0.05) is 24.5 Å². The Kier molecular flexibility index (Phi) is 6.20. The molecule has 0 aliphatic rings. The van der Waals surface area contributed by atoms with Crippen LogP contribution >= 0.6 is 0 Å². The van der Waals surface area contributed by atoms with Gasteiger partial charge in [-0.3, -0.25) is 4.98 Å². The molecule has 2 nitrogen and oxygen atoms in total. The van der Waals surface area contributed by atoms with Crippen LogP contribution in [0.4, 0.5) is 0 Å². The first-order chi connectivity index (χ1) is 8.08. The highest BCUT2D eigenvalue weighted by molar-refractivity contribution is 5.12. The van der Waals surface area contributed by atoms with E-state index in [2.05, 4.69) is 43.2 Å². The molecule has 0 saturated heterocycles. The number of nitrogens with one attached hydrogen (secondary N) is 1. The zero-order valence-corrected chi connectivity index (χ0v) is 11.7. The second-order valence-corrected chi connectivity index (χ2v) is 5.41. The Morgan fingerprint density at radius 1 is 1.18 bits per heavy atom. The summed E-state index contributed by atoms with van der Waals surface area (Å²) in [5.41, 5.74) is 2.35. The highest BCUT2D eigenvalue weighted by atomic mass is 14.9. The van der Waals surface area contributed by atoms with Gasteiger partial charge in [-0.2, -0.15) is 0 Å². The van der Waals surface area contributed by atoms with Crippen LogP contribution in [0.3, 0.4) is 0 Å². The van der Waals surface area contributed by atoms with Gasteiger partial charge in [-0.05, 0) is 37.8 Å². The first-order valence-electron chi connectivity index (χ1n) is 6.73. The van der Waals surface area contributed by atoms with Gasteiger partial charge in [0.2, 0.25) is 0 Å². The standard InChI is InChI=1S/C15H26N2/c1-12(2)6-5-7-13(3)16-10-15-9-8-14(4)17-11-15/h8-9,11-13,16H,5-7,10H2,1-4H3. The zero-order valence-electron chi connectivity index (χ0n) is 11.7. The Morgan fingerprint density at radius 3 is 2.53 bits per heavy atom. The molecule has 1 aromatic heterocycles. The number of rotatable bonds is 7. The third-order valence-corrected chi connectivity index (χ3v) is 3.05. The Bertz CT molecular complexity index is 303. The highest BCUT2D eigenvalue weighted by Gasteiger charge is 2.02. The van der Waals surface area contributed by atoms with Crippen LogP contribution in [-0.4, -0.2) is 11.0 Å². The summed E-state index contributed by atoms with van der Waals surface area (Å²) in [4.78, 5) is 4.30. The van der Waals surface area contributed by atoms with E-state index >= 15 is 0 Å². The van der Waals surface area contributed by atoms with E-state index in [0.717, 1.165) is 18.2 Å². The number of hydrogen-bond acceptors (Lipinski definition) is 2. The van der Waals surface area contributed by atoms with Crippen molar-refractivity contribution in [2.75, 3.05) is 0 Å². The summed E-state index contributed by atoms with van der Waals surface area (Å²) in [7, 11) is 0. The van der Waals surface area contributed by atoms with E-state index in [9.17, 15) is 0 Å². The second-order valence-electron chi connectivity index (χ2n) is 5.41. The van der Waals surface area contributed by atoms with Crippen LogP contribution in [0.5, 0.6) is 0 Å². The molecule has 1 N–H and O–H groups in total. The Balaban J connectivity index is 2.19. The number of aryl methyl sites for hydroxylation is 1. The SMILES string of the molecule is Cc1ccc(CNC(C)CCCC(C)C)cn1. The Hall–Kier alpha value is -0.890. The molecule has 0 fully saturated rings. The minimum atomic E-state index is 0.593. The fraction of sp³-hybridized carbons (Fsp3) is 0.667. The van der Waals surface area contributed by atoms with Gasteiger partial charge in [-0.1, -0.05) is 32.8 Å². The van der Waals surface area contributed by atoms with E-state index in [-0.39, 0.29) is 0 Å². The van der Waals surface area contributed by atoms with Gasteiger partial charge in [0.05, 0.1) is 0 Å². The minimum absolute atomic E-state index is 0.593. The Morgan fingerprint density at radius 2 is 1.94 bits per heavy atom. The number of pyridine rings is 1. The zero-order chi connectivity index (χ0) is 12.7. The summed E-state index contributed by atoms with van der Waals surface area (Å²) in [6.45, 7) is 9.79. The van der Waals surface area contributed by atoms with Gasteiger partial charge < -0.3 is 5.32 Å². The van der Waals surface area contributed by atoms with Crippen molar-refractivity contribution in [3.8, 4) is 0 Å². The normalized spacial score (nSPS) is 13.0. The van der Waals surface area contributed by atoms with Crippen LogP contribution in [0, 0.1) is 12.8 Å². The quantitative estimate of drug-likeness (QED) is 0.778. The lowest BCUT2D eigenvalue weighted by Gasteiger charge is -2.14. The lowest BCUT2D eigenvalue weighted by Crippen LogP contribution is -2.25. The van der Waals surface area contributed by atoms with E-state index < -0.39 is 0 Å². The fourth-order valence-corrected chi connectivity index (χ4v) is 1.83. The summed E-state index contributed by atoms with van der Waals surface area (Å²) >= 11 is 0. The molecule has 17 heavy (non-hydrogen) atoms. The van der Waals surface area contributed by atoms with Crippen molar-refractivity contribution in [3.05, 3.63) is 29.6 Å². The molecule has 0 spiro atoms. The van der Waals surface area contributed by atoms with Crippen LogP contribution in [0.2, 0.25) is 0 Å². The first-order valence-corrected chi connectivity index (χ1v) is 6.73. The number of nitrogens with zero attached hydrogens (tertiary/aromatic N) is 1. The van der Waals surface area contributed by atoms with E-state index in [1.165, 1.54) is 24.8 Å². The van der Waals surface area contributed by atoms with Gasteiger partial charge in [0.25, 0.3) is 0 Å². The van der Waals surface area contributed by atoms with Gasteiger partial charge >= 0.3 is 0 Å². The summed E-state index contributed by atoms with van der Waals surface area (Å²) in [5, 5.41) is 3.55. The van der Waals surface area contributed by atoms with Crippen molar-refractivity contribution < 1.29 is 0 Å². The lowest BCUT2D eigenvalue weighted by molar-refractivity contribution is 0.457. The predicted molar refractivity (Wildman–Crippen MR) is 74.0 cm³/mol. The molecule has 0 aromatic carbocycles. The molecule has 1 unspecified atom stereocenters. The molecular weight excluding hydrogens is 208 g/mol. The van der Waals surface area contributed by atoms with Crippen LogP contribution in [-0.2, 0) is 6.54 Å². The van der Waals surface area contributed by atoms with E-state index in [0.29, 0.717) is 6.04 Å². The maximum atomic E-state index is 4.30. The number of hydrogen-bond donors (Lipinski definition) is 1. The van der Waals surface area contributed by atoms with Crippen molar-refractivity contribution >= 4 is 0 Å². The van der Waals surface area contributed by atoms with Crippen LogP contribution in [0.15, 0.2) is 18.3 Å². The average molecular weight is 234 g/mol. The van der Waals surface area contributed by atoms with Gasteiger partial charge in [0.15, 0.2) is 0 Å². The minimum Gasteiger partial charge on any atom is -0.310 e. The van der Waals surface area contributed by atoms with Gasteiger partial charge in [-0.25, -0.2) is 0 Å². The largest absolute Gasteiger partial charge is 0.310 e. The molecule has 0 aliphatic heterocycles. The van der Waals surface area contributed by atoms with Crippen LogP contribution in [0.25, 0.3) is 0 Å². The molecule has 1 heterocycles. The summed E-state index contributed by atoms with van der Waals surface area (Å²) < 4.78 is 0. The highest BCUT2D eigenvalue weighted by Crippen LogP contribution is 2.08. The van der Waals surface area contributed by atoms with Crippen molar-refractivity contribution in [2.24, 2.45) is 5.92 Å². The molecule has 1 aromatic rings. The molecule has 1 atom stereocenters. The molecule has 0 amide bonds. The third-order valence-electron chi connectivity index (χ3n) is 3.05. The maximum Gasteiger partial charge on any atom is 0.0372 e. The summed E-state index contributed by atoms with van der Waals surface area (Å²) in [5.74, 6) is 0.823. The van der Waals surface area contributed by atoms with Gasteiger partial charge in [-0.15, -0.1) is 0 Å². The second kappa shape index (κ2) is 7.44. The van der Waals surface area contributed by atoms with Crippen molar-refractivity contribution in [1.82, 2.24) is 10.3 Å². The fourth-order valence-electron chi connectivity index (χ4n) is 1.83. The van der Waals surface area contributed by atoms with E-state index in [1.807, 2.05) is 13.1 Å². The van der Waals surface area contributed by atoms with Crippen molar-refractivity contribution in [1.29, 1.82) is 0 Å². The first kappa shape index (κ1) is 14.2. The molecule has 2 heteroatoms. The predicted octanol–water partition coefficient (Wildman–Crippen LogP) is 3.69. The summed E-state index contributed by atoms with van der Waals surface area (Å²) in [6, 6.07) is 4.81. The maximum absolute atomic E-state index is 4.30. The van der Waals surface area contributed by atoms with Crippen molar-refractivity contribution in [2.45, 2.75) is 59.5 Å². The topological polar surface area (TPSA) is 24.9 Å². The smallest absolute Gasteiger partial charge is 0.0372 e. The summed E-state index contributed by atoms with van der Waals surface area (Å²) in [6.07, 6.45) is 5.87. The molecule has 1 rings (SSSR count). The molecule has 0 radical (unpaired) electrons. The Labute approximate surface area is 106 Å². The van der Waals surface area contributed by atoms with E-state index in [1.54, 1.807) is 0 Å². The molecule has 0 saturated carbocycles. The van der Waals surface area contributed by atoms with Crippen LogP contribution < -0.4 is 5.32 Å².